The minimum Gasteiger partial charge on any atom is -0.385 e. The van der Waals surface area contributed by atoms with Crippen LogP contribution in [0.5, 0.6) is 0 Å². The molecule has 0 atom stereocenters. The molecule has 0 aliphatic carbocycles. The van der Waals surface area contributed by atoms with Crippen molar-refractivity contribution < 1.29 is 18.0 Å². The summed E-state index contributed by atoms with van der Waals surface area (Å²) in [5.41, 5.74) is 0.685. The Balaban J connectivity index is 0.00000289. The van der Waals surface area contributed by atoms with E-state index in [-0.39, 0.29) is 29.8 Å². The van der Waals surface area contributed by atoms with Gasteiger partial charge in [-0.1, -0.05) is 0 Å². The monoisotopic (exact) mass is 485 g/mol. The van der Waals surface area contributed by atoms with Gasteiger partial charge in [0.25, 0.3) is 0 Å². The number of anilines is 4. The molecule has 3 aromatic rings. The third kappa shape index (κ3) is 3.95. The summed E-state index contributed by atoms with van der Waals surface area (Å²) in [4.78, 5) is 26.6. The topological polar surface area (TPSA) is 95.9 Å². The van der Waals surface area contributed by atoms with Crippen LogP contribution in [0.3, 0.4) is 0 Å². The molecule has 0 spiro atoms. The summed E-state index contributed by atoms with van der Waals surface area (Å²) in [5.74, 6) is 0.502. The molecule has 4 rings (SSSR count). The van der Waals surface area contributed by atoms with Crippen molar-refractivity contribution in [2.75, 3.05) is 29.6 Å². The lowest BCUT2D eigenvalue weighted by Crippen LogP contribution is -2.33. The maximum atomic E-state index is 12.9. The maximum Gasteiger partial charge on any atom is 0.417 e. The van der Waals surface area contributed by atoms with Crippen molar-refractivity contribution in [2.45, 2.75) is 25.4 Å². The van der Waals surface area contributed by atoms with Gasteiger partial charge in [-0.15, -0.1) is 12.4 Å². The fourth-order valence-corrected chi connectivity index (χ4v) is 3.95. The van der Waals surface area contributed by atoms with Crippen LogP contribution in [0.4, 0.5) is 35.5 Å². The van der Waals surface area contributed by atoms with Crippen molar-refractivity contribution in [1.82, 2.24) is 19.3 Å². The van der Waals surface area contributed by atoms with Gasteiger partial charge in [-0.3, -0.25) is 9.78 Å². The minimum absolute atomic E-state index is 0. The zero-order valence-electron chi connectivity index (χ0n) is 17.4. The smallest absolute Gasteiger partial charge is 0.385 e. The van der Waals surface area contributed by atoms with Crippen LogP contribution in [-0.2, 0) is 16.4 Å². The Labute approximate surface area is 191 Å². The third-order valence-electron chi connectivity index (χ3n) is 5.12. The zero-order valence-corrected chi connectivity index (χ0v) is 19.0. The Morgan fingerprint density at radius 1 is 1.16 bits per heavy atom. The summed E-state index contributed by atoms with van der Waals surface area (Å²) in [6, 6.07) is 2.76. The number of hydrogen-bond acceptors (Lipinski definition) is 8. The highest BCUT2D eigenvalue weighted by molar-refractivity contribution is 7.09. The largest absolute Gasteiger partial charge is 0.417 e. The zero-order chi connectivity index (χ0) is 22.6. The molecule has 8 nitrogen and oxygen atoms in total. The van der Waals surface area contributed by atoms with Crippen LogP contribution < -0.4 is 15.5 Å². The average molecular weight is 486 g/mol. The molecule has 13 heteroatoms. The van der Waals surface area contributed by atoms with Crippen molar-refractivity contribution in [3.63, 3.8) is 0 Å². The van der Waals surface area contributed by atoms with Gasteiger partial charge >= 0.3 is 6.18 Å². The van der Waals surface area contributed by atoms with Gasteiger partial charge in [0.05, 0.1) is 28.6 Å². The summed E-state index contributed by atoms with van der Waals surface area (Å²) in [5, 5.41) is 5.92. The van der Waals surface area contributed by atoms with Gasteiger partial charge in [0.15, 0.2) is 11.6 Å². The van der Waals surface area contributed by atoms with Gasteiger partial charge in [-0.2, -0.15) is 22.5 Å². The van der Waals surface area contributed by atoms with E-state index in [1.54, 1.807) is 24.2 Å². The summed E-state index contributed by atoms with van der Waals surface area (Å²) in [7, 11) is 3.21. The van der Waals surface area contributed by atoms with E-state index in [0.29, 0.717) is 16.6 Å². The number of likely N-dealkylation sites (N-methyl/N-ethyl adjacent to an activating group) is 1. The summed E-state index contributed by atoms with van der Waals surface area (Å²) in [6.45, 7) is 3.69. The van der Waals surface area contributed by atoms with E-state index in [1.165, 1.54) is 7.05 Å². The average Bonchev–Trinajstić information content (AvgIpc) is 3.25. The highest BCUT2D eigenvalue weighted by atomic mass is 35.5. The predicted molar refractivity (Wildman–Crippen MR) is 119 cm³/mol. The number of hydrogen-bond donors (Lipinski definition) is 2. The molecule has 1 aliphatic rings. The molecule has 0 saturated carbocycles. The first-order valence-corrected chi connectivity index (χ1v) is 9.94. The van der Waals surface area contributed by atoms with Gasteiger partial charge in [0.2, 0.25) is 11.0 Å². The standard InChI is InChI=1S/C19H18F3N7OS.ClH/c1-18(2)10-6-12(24-8-13(10)29(4)16(18)30)15-27-17(31-28-15)26-14-11(23-3)5-9(7-25-14)19(20,21)22;/h5-8,23H,1-4H3,(H,25,26,27,28);1H. The first kappa shape index (κ1) is 23.7. The van der Waals surface area contributed by atoms with Crippen molar-refractivity contribution in [3.05, 3.63) is 35.7 Å². The predicted octanol–water partition coefficient (Wildman–Crippen LogP) is 4.48. The van der Waals surface area contributed by atoms with Crippen LogP contribution in [0.2, 0.25) is 0 Å². The number of nitrogens with zero attached hydrogens (tertiary/aromatic N) is 5. The lowest BCUT2D eigenvalue weighted by molar-refractivity contribution is -0.137. The highest BCUT2D eigenvalue weighted by Crippen LogP contribution is 2.41. The molecular formula is C19H19ClF3N7OS. The summed E-state index contributed by atoms with van der Waals surface area (Å²) >= 11 is 1.02. The van der Waals surface area contributed by atoms with Gasteiger partial charge in [0.1, 0.15) is 5.69 Å². The number of rotatable bonds is 4. The minimum atomic E-state index is -4.49. The number of amides is 1. The van der Waals surface area contributed by atoms with E-state index in [9.17, 15) is 18.0 Å². The van der Waals surface area contributed by atoms with E-state index in [0.717, 1.165) is 35.0 Å². The molecule has 3 aromatic heterocycles. The van der Waals surface area contributed by atoms with E-state index in [2.05, 4.69) is 30.0 Å². The van der Waals surface area contributed by atoms with Crippen molar-refractivity contribution in [2.24, 2.45) is 0 Å². The second-order valence-corrected chi connectivity index (χ2v) is 8.24. The van der Waals surface area contributed by atoms with Gasteiger partial charge in [-0.25, -0.2) is 4.98 Å². The first-order chi connectivity index (χ1) is 14.5. The normalized spacial score (nSPS) is 14.7. The molecule has 1 aliphatic heterocycles. The maximum absolute atomic E-state index is 12.9. The van der Waals surface area contributed by atoms with Gasteiger partial charge in [0, 0.05) is 31.8 Å². The van der Waals surface area contributed by atoms with Crippen LogP contribution in [-0.4, -0.2) is 39.3 Å². The lowest BCUT2D eigenvalue weighted by Gasteiger charge is -2.16. The van der Waals surface area contributed by atoms with E-state index in [4.69, 9.17) is 0 Å². The molecule has 4 heterocycles. The van der Waals surface area contributed by atoms with Gasteiger partial charge < -0.3 is 15.5 Å². The van der Waals surface area contributed by atoms with Crippen LogP contribution in [0.15, 0.2) is 24.5 Å². The highest BCUT2D eigenvalue weighted by Gasteiger charge is 2.42. The van der Waals surface area contributed by atoms with Crippen LogP contribution >= 0.6 is 23.9 Å². The van der Waals surface area contributed by atoms with Crippen LogP contribution in [0.1, 0.15) is 25.0 Å². The number of carbonyl (C=O) groups is 1. The van der Waals surface area contributed by atoms with Crippen molar-refractivity contribution in [3.8, 4) is 11.5 Å². The second kappa shape index (κ2) is 8.17. The summed E-state index contributed by atoms with van der Waals surface area (Å²) < 4.78 is 43.0. The number of nitrogens with one attached hydrogen (secondary N) is 2. The number of fused-ring (bicyclic) bond motifs is 1. The number of halogens is 4. The number of alkyl halides is 3. The number of aromatic nitrogens is 4. The molecule has 2 N–H and O–H groups in total. The Hall–Kier alpha value is -2.99. The molecule has 0 fully saturated rings. The molecule has 170 valence electrons. The van der Waals surface area contributed by atoms with E-state index in [1.807, 2.05) is 13.8 Å². The Bertz CT molecular complexity index is 1180. The van der Waals surface area contributed by atoms with Gasteiger partial charge in [-0.05, 0) is 31.5 Å². The second-order valence-electron chi connectivity index (χ2n) is 7.49. The molecule has 0 aromatic carbocycles. The van der Waals surface area contributed by atoms with Crippen molar-refractivity contribution in [1.29, 1.82) is 0 Å². The quantitative estimate of drug-likeness (QED) is 0.562. The molecule has 0 saturated heterocycles. The first-order valence-electron chi connectivity index (χ1n) is 9.17. The molecular weight excluding hydrogens is 467 g/mol. The van der Waals surface area contributed by atoms with E-state index >= 15 is 0 Å². The van der Waals surface area contributed by atoms with Crippen molar-refractivity contribution >= 4 is 52.2 Å². The fraction of sp³-hybridized carbons (Fsp3) is 0.316. The molecule has 32 heavy (non-hydrogen) atoms. The SMILES string of the molecule is CNc1cc(C(F)(F)F)cnc1Nc1nc(-c2cc3c(cn2)N(C)C(=O)C3(C)C)ns1.Cl. The Kier molecular flexibility index (Phi) is 6.04. The number of pyridine rings is 2. The van der Waals surface area contributed by atoms with Crippen LogP contribution in [0.25, 0.3) is 11.5 Å². The molecule has 0 bridgehead atoms. The Morgan fingerprint density at radius 2 is 1.88 bits per heavy atom. The number of carbonyl (C=O) groups excluding carboxylic acids is 1. The molecule has 1 amide bonds. The fourth-order valence-electron chi connectivity index (χ4n) is 3.37. The third-order valence-corrected chi connectivity index (χ3v) is 5.75. The molecule has 0 unspecified atom stereocenters. The molecule has 0 radical (unpaired) electrons. The van der Waals surface area contributed by atoms with E-state index < -0.39 is 17.2 Å². The van der Waals surface area contributed by atoms with Crippen LogP contribution in [0, 0.1) is 0 Å². The lowest BCUT2D eigenvalue weighted by atomic mass is 9.86. The Morgan fingerprint density at radius 3 is 2.53 bits per heavy atom. The summed E-state index contributed by atoms with van der Waals surface area (Å²) in [6.07, 6.45) is -2.12.